The number of benzene rings is 3. The summed E-state index contributed by atoms with van der Waals surface area (Å²) in [6.45, 7) is 2.40. The second-order valence-electron chi connectivity index (χ2n) is 6.84. The van der Waals surface area contributed by atoms with Gasteiger partial charge in [-0.05, 0) is 23.1 Å². The molecule has 3 aromatic rings. The fourth-order valence-electron chi connectivity index (χ4n) is 3.59. The van der Waals surface area contributed by atoms with Gasteiger partial charge in [-0.2, -0.15) is 0 Å². The van der Waals surface area contributed by atoms with Gasteiger partial charge in [0.25, 0.3) is 0 Å². The Kier molecular flexibility index (Phi) is 7.14. The van der Waals surface area contributed by atoms with Crippen molar-refractivity contribution in [2.45, 2.75) is 36.2 Å². The van der Waals surface area contributed by atoms with E-state index >= 15 is 0 Å². The molecule has 27 heavy (non-hydrogen) atoms. The molecule has 0 spiro atoms. The van der Waals surface area contributed by atoms with E-state index in [0.717, 1.165) is 19.3 Å². The molecule has 0 aliphatic carbocycles. The molecule has 0 saturated carbocycles. The van der Waals surface area contributed by atoms with Gasteiger partial charge in [0.2, 0.25) is 0 Å². The van der Waals surface area contributed by atoms with Crippen LogP contribution in [-0.2, 0) is 4.75 Å². The molecule has 2 heteroatoms. The fourth-order valence-corrected chi connectivity index (χ4v) is 5.27. The lowest BCUT2D eigenvalue weighted by Gasteiger charge is -2.38. The van der Waals surface area contributed by atoms with Crippen molar-refractivity contribution < 1.29 is 5.11 Å². The Morgan fingerprint density at radius 3 is 1.48 bits per heavy atom. The van der Waals surface area contributed by atoms with E-state index < -0.39 is 0 Å². The van der Waals surface area contributed by atoms with Crippen molar-refractivity contribution in [3.63, 3.8) is 0 Å². The third-order valence-electron chi connectivity index (χ3n) is 4.97. The van der Waals surface area contributed by atoms with Crippen molar-refractivity contribution in [2.75, 3.05) is 6.61 Å². The summed E-state index contributed by atoms with van der Waals surface area (Å²) in [5.41, 5.74) is 3.76. The number of aliphatic hydroxyl groups excluding tert-OH is 1. The number of aliphatic hydroxyl groups is 1. The highest BCUT2D eigenvalue weighted by molar-refractivity contribution is 8.01. The van der Waals surface area contributed by atoms with Crippen LogP contribution in [0.3, 0.4) is 0 Å². The number of thioether (sulfide) groups is 1. The van der Waals surface area contributed by atoms with Crippen molar-refractivity contribution in [1.29, 1.82) is 0 Å². The summed E-state index contributed by atoms with van der Waals surface area (Å²) in [4.78, 5) is 0. The average Bonchev–Trinajstić information content (AvgIpc) is 2.76. The third kappa shape index (κ3) is 4.45. The van der Waals surface area contributed by atoms with E-state index in [-0.39, 0.29) is 16.6 Å². The molecular weight excluding hydrogens is 348 g/mol. The minimum Gasteiger partial charge on any atom is -0.395 e. The highest BCUT2D eigenvalue weighted by atomic mass is 32.2. The first-order valence-electron chi connectivity index (χ1n) is 9.76. The first-order chi connectivity index (χ1) is 13.3. The molecule has 0 saturated heterocycles. The monoisotopic (exact) mass is 376 g/mol. The van der Waals surface area contributed by atoms with Gasteiger partial charge in [-0.15, -0.1) is 11.8 Å². The maximum Gasteiger partial charge on any atom is 0.0910 e. The molecule has 3 rings (SSSR count). The van der Waals surface area contributed by atoms with E-state index in [1.54, 1.807) is 0 Å². The molecule has 0 aliphatic rings. The largest absolute Gasteiger partial charge is 0.395 e. The van der Waals surface area contributed by atoms with Gasteiger partial charge in [0.15, 0.2) is 0 Å². The number of hydrogen-bond donors (Lipinski definition) is 1. The minimum absolute atomic E-state index is 0.186. The highest BCUT2D eigenvalue weighted by Crippen LogP contribution is 2.50. The first-order valence-corrected chi connectivity index (χ1v) is 10.6. The Morgan fingerprint density at radius 1 is 0.741 bits per heavy atom. The molecule has 0 radical (unpaired) electrons. The Morgan fingerprint density at radius 2 is 1.15 bits per heavy atom. The van der Waals surface area contributed by atoms with E-state index in [1.807, 2.05) is 11.8 Å². The Hall–Kier alpha value is -2.03. The van der Waals surface area contributed by atoms with Crippen molar-refractivity contribution in [3.05, 3.63) is 108 Å². The number of unbranched alkanes of at least 4 members (excludes halogenated alkanes) is 1. The summed E-state index contributed by atoms with van der Waals surface area (Å²) in [6, 6.07) is 32.1. The van der Waals surface area contributed by atoms with Crippen molar-refractivity contribution in [3.8, 4) is 0 Å². The van der Waals surface area contributed by atoms with E-state index in [0.29, 0.717) is 0 Å². The quantitative estimate of drug-likeness (QED) is 0.445. The average molecular weight is 377 g/mol. The van der Waals surface area contributed by atoms with Crippen LogP contribution in [0.5, 0.6) is 0 Å². The predicted molar refractivity (Wildman–Crippen MR) is 117 cm³/mol. The standard InChI is InChI=1S/C25H28OS/c1-2-3-19-24(20-26)27-25(21-13-7-4-8-14-21,22-15-9-5-10-16-22)23-17-11-6-12-18-23/h4-18,24,26H,2-3,19-20H2,1H3. The summed E-state index contributed by atoms with van der Waals surface area (Å²) in [5, 5.41) is 10.3. The third-order valence-corrected chi connectivity index (χ3v) is 6.75. The second-order valence-corrected chi connectivity index (χ2v) is 8.36. The SMILES string of the molecule is CCCCC(CO)SC(c1ccccc1)(c1ccccc1)c1ccccc1. The summed E-state index contributed by atoms with van der Waals surface area (Å²) in [6.07, 6.45) is 3.30. The lowest BCUT2D eigenvalue weighted by Crippen LogP contribution is -2.29. The van der Waals surface area contributed by atoms with Crippen LogP contribution < -0.4 is 0 Å². The van der Waals surface area contributed by atoms with Crippen LogP contribution in [0.4, 0.5) is 0 Å². The molecule has 0 fully saturated rings. The summed E-state index contributed by atoms with van der Waals surface area (Å²) >= 11 is 1.89. The first kappa shape index (κ1) is 19.7. The van der Waals surface area contributed by atoms with Gasteiger partial charge < -0.3 is 5.11 Å². The molecule has 1 N–H and O–H groups in total. The van der Waals surface area contributed by atoms with Crippen LogP contribution in [0.2, 0.25) is 0 Å². The number of hydrogen-bond acceptors (Lipinski definition) is 2. The zero-order valence-corrected chi connectivity index (χ0v) is 16.7. The number of rotatable bonds is 9. The Labute approximate surface area is 167 Å². The molecule has 1 unspecified atom stereocenters. The normalized spacial score (nSPS) is 12.7. The second kappa shape index (κ2) is 9.77. The predicted octanol–water partition coefficient (Wildman–Crippen LogP) is 6.26. The van der Waals surface area contributed by atoms with Gasteiger partial charge in [-0.1, -0.05) is 111 Å². The summed E-state index contributed by atoms with van der Waals surface area (Å²) in [7, 11) is 0. The molecule has 0 heterocycles. The van der Waals surface area contributed by atoms with Crippen LogP contribution in [0.25, 0.3) is 0 Å². The van der Waals surface area contributed by atoms with Crippen molar-refractivity contribution in [1.82, 2.24) is 0 Å². The molecule has 0 aromatic heterocycles. The van der Waals surface area contributed by atoms with Crippen LogP contribution in [-0.4, -0.2) is 17.0 Å². The van der Waals surface area contributed by atoms with E-state index in [9.17, 15) is 5.11 Å². The van der Waals surface area contributed by atoms with Gasteiger partial charge in [0.1, 0.15) is 0 Å². The van der Waals surface area contributed by atoms with Gasteiger partial charge >= 0.3 is 0 Å². The minimum atomic E-state index is -0.342. The van der Waals surface area contributed by atoms with Gasteiger partial charge in [-0.25, -0.2) is 0 Å². The van der Waals surface area contributed by atoms with Crippen LogP contribution in [0.15, 0.2) is 91.0 Å². The molecule has 1 nitrogen and oxygen atoms in total. The maximum absolute atomic E-state index is 10.1. The van der Waals surface area contributed by atoms with E-state index in [2.05, 4.69) is 97.9 Å². The molecular formula is C25H28OS. The topological polar surface area (TPSA) is 20.2 Å². The molecule has 0 aliphatic heterocycles. The van der Waals surface area contributed by atoms with E-state index in [1.165, 1.54) is 16.7 Å². The van der Waals surface area contributed by atoms with Gasteiger partial charge in [0, 0.05) is 5.25 Å². The highest BCUT2D eigenvalue weighted by Gasteiger charge is 2.39. The van der Waals surface area contributed by atoms with Gasteiger partial charge in [-0.3, -0.25) is 0 Å². The summed E-state index contributed by atoms with van der Waals surface area (Å²) < 4.78 is -0.342. The molecule has 3 aromatic carbocycles. The Bertz CT molecular complexity index is 690. The van der Waals surface area contributed by atoms with E-state index in [4.69, 9.17) is 0 Å². The zero-order chi connectivity index (χ0) is 19.0. The maximum atomic E-state index is 10.1. The molecule has 0 bridgehead atoms. The summed E-state index contributed by atoms with van der Waals surface area (Å²) in [5.74, 6) is 0. The van der Waals surface area contributed by atoms with Crippen LogP contribution >= 0.6 is 11.8 Å². The van der Waals surface area contributed by atoms with Crippen molar-refractivity contribution in [2.24, 2.45) is 0 Å². The fraction of sp³-hybridized carbons (Fsp3) is 0.280. The van der Waals surface area contributed by atoms with Gasteiger partial charge in [0.05, 0.1) is 11.4 Å². The lowest BCUT2D eigenvalue weighted by atomic mass is 9.84. The molecule has 0 amide bonds. The Balaban J connectivity index is 2.19. The van der Waals surface area contributed by atoms with Crippen LogP contribution in [0.1, 0.15) is 42.9 Å². The van der Waals surface area contributed by atoms with Crippen molar-refractivity contribution >= 4 is 11.8 Å². The lowest BCUT2D eigenvalue weighted by molar-refractivity contribution is 0.288. The van der Waals surface area contributed by atoms with Crippen LogP contribution in [0, 0.1) is 0 Å². The molecule has 140 valence electrons. The molecule has 1 atom stereocenters. The zero-order valence-electron chi connectivity index (χ0n) is 15.9. The smallest absolute Gasteiger partial charge is 0.0910 e.